The number of hydrogen-bond acceptors (Lipinski definition) is 4. The van der Waals surface area contributed by atoms with Gasteiger partial charge in [-0.1, -0.05) is 53.7 Å². The van der Waals surface area contributed by atoms with Crippen molar-refractivity contribution in [3.63, 3.8) is 0 Å². The van der Waals surface area contributed by atoms with Crippen molar-refractivity contribution in [2.24, 2.45) is 0 Å². The largest absolute Gasteiger partial charge is 0.431 e. The fourth-order valence-corrected chi connectivity index (χ4v) is 2.60. The van der Waals surface area contributed by atoms with Gasteiger partial charge in [-0.15, -0.1) is 17.0 Å². The molecule has 0 bridgehead atoms. The number of rotatable bonds is 4. The number of para-hydroxylation sites is 2. The van der Waals surface area contributed by atoms with Crippen LogP contribution in [0.1, 0.15) is 15.9 Å². The third-order valence-corrected chi connectivity index (χ3v) is 3.80. The Morgan fingerprint density at radius 3 is 2.57 bits per heavy atom. The van der Waals surface area contributed by atoms with Crippen LogP contribution in [0.15, 0.2) is 58.2 Å². The van der Waals surface area contributed by atoms with Gasteiger partial charge in [-0.25, -0.2) is 4.98 Å². The Morgan fingerprint density at radius 1 is 1.14 bits per heavy atom. The number of halogens is 1. The third kappa shape index (κ3) is 3.74. The Hall–Kier alpha value is -1.59. The molecule has 3 aromatic rings. The molecule has 0 radical (unpaired) electrons. The molecule has 0 saturated heterocycles. The number of thioether (sulfide) groups is 1. The van der Waals surface area contributed by atoms with E-state index < -0.39 is 0 Å². The van der Waals surface area contributed by atoms with Gasteiger partial charge in [0.2, 0.25) is 0 Å². The molecule has 21 heavy (non-hydrogen) atoms. The number of Topliss-reactive ketones (excluding diaryl/α,β-unsaturated/α-hetero) is 1. The molecule has 0 aliphatic carbocycles. The van der Waals surface area contributed by atoms with Crippen molar-refractivity contribution < 1.29 is 9.21 Å². The molecular weight excluding hydrogens is 350 g/mol. The Morgan fingerprint density at radius 2 is 1.86 bits per heavy atom. The Labute approximate surface area is 137 Å². The van der Waals surface area contributed by atoms with Crippen molar-refractivity contribution in [2.45, 2.75) is 12.1 Å². The summed E-state index contributed by atoms with van der Waals surface area (Å²) < 4.78 is 5.57. The molecule has 0 aliphatic heterocycles. The molecule has 5 heteroatoms. The lowest BCUT2D eigenvalue weighted by molar-refractivity contribution is 0.102. The number of fused-ring (bicyclic) bond motifs is 1. The number of benzene rings is 2. The SMILES string of the molecule is Br.Cc1ccc(C(=O)CSc2nc3ccccc3o2)cc1. The highest BCUT2D eigenvalue weighted by Gasteiger charge is 2.10. The lowest BCUT2D eigenvalue weighted by Gasteiger charge is -1.99. The molecule has 1 aromatic heterocycles. The molecule has 0 amide bonds. The predicted molar refractivity (Wildman–Crippen MR) is 90.6 cm³/mol. The van der Waals surface area contributed by atoms with E-state index in [-0.39, 0.29) is 22.8 Å². The Bertz CT molecular complexity index is 719. The second-order valence-corrected chi connectivity index (χ2v) is 5.45. The van der Waals surface area contributed by atoms with E-state index >= 15 is 0 Å². The van der Waals surface area contributed by atoms with Crippen LogP contribution in [0.25, 0.3) is 11.1 Å². The first-order chi connectivity index (χ1) is 9.72. The van der Waals surface area contributed by atoms with E-state index in [0.717, 1.165) is 22.2 Å². The lowest BCUT2D eigenvalue weighted by Crippen LogP contribution is -2.01. The molecule has 1 heterocycles. The minimum absolute atomic E-state index is 0. The Kier molecular flexibility index (Phi) is 5.20. The van der Waals surface area contributed by atoms with Crippen LogP contribution in [-0.2, 0) is 0 Å². The monoisotopic (exact) mass is 363 g/mol. The van der Waals surface area contributed by atoms with Crippen LogP contribution in [0, 0.1) is 6.92 Å². The van der Waals surface area contributed by atoms with Gasteiger partial charge in [-0.2, -0.15) is 0 Å². The van der Waals surface area contributed by atoms with Gasteiger partial charge in [0.05, 0.1) is 5.75 Å². The van der Waals surface area contributed by atoms with E-state index in [1.54, 1.807) is 0 Å². The molecule has 0 aliphatic rings. The number of ketones is 1. The second-order valence-electron chi connectivity index (χ2n) is 4.53. The van der Waals surface area contributed by atoms with Gasteiger partial charge in [0.25, 0.3) is 5.22 Å². The topological polar surface area (TPSA) is 43.1 Å². The van der Waals surface area contributed by atoms with E-state index in [1.807, 2.05) is 55.5 Å². The number of hydrogen-bond donors (Lipinski definition) is 0. The van der Waals surface area contributed by atoms with Crippen molar-refractivity contribution in [3.8, 4) is 0 Å². The molecule has 2 aromatic carbocycles. The number of aryl methyl sites for hydroxylation is 1. The quantitative estimate of drug-likeness (QED) is 0.498. The summed E-state index contributed by atoms with van der Waals surface area (Å²) in [6.07, 6.45) is 0. The summed E-state index contributed by atoms with van der Waals surface area (Å²) in [7, 11) is 0. The van der Waals surface area contributed by atoms with Crippen molar-refractivity contribution in [2.75, 3.05) is 5.75 Å². The van der Waals surface area contributed by atoms with Gasteiger partial charge < -0.3 is 4.42 Å². The predicted octanol–water partition coefficient (Wildman–Crippen LogP) is 4.69. The normalized spacial score (nSPS) is 10.3. The zero-order valence-corrected chi connectivity index (χ0v) is 13.9. The minimum atomic E-state index is 0. The van der Waals surface area contributed by atoms with Crippen molar-refractivity contribution >= 4 is 45.6 Å². The van der Waals surface area contributed by atoms with E-state index in [0.29, 0.717) is 11.0 Å². The third-order valence-electron chi connectivity index (χ3n) is 2.97. The summed E-state index contributed by atoms with van der Waals surface area (Å²) in [5.41, 5.74) is 3.43. The molecular formula is C16H14BrNO2S. The molecule has 0 unspecified atom stereocenters. The van der Waals surface area contributed by atoms with Crippen molar-refractivity contribution in [3.05, 3.63) is 59.7 Å². The van der Waals surface area contributed by atoms with Gasteiger partial charge in [0.15, 0.2) is 11.4 Å². The zero-order valence-electron chi connectivity index (χ0n) is 11.4. The average Bonchev–Trinajstić information content (AvgIpc) is 2.88. The van der Waals surface area contributed by atoms with Gasteiger partial charge >= 0.3 is 0 Å². The highest BCUT2D eigenvalue weighted by Crippen LogP contribution is 2.23. The van der Waals surface area contributed by atoms with Crippen molar-refractivity contribution in [1.29, 1.82) is 0 Å². The fourth-order valence-electron chi connectivity index (χ4n) is 1.86. The van der Waals surface area contributed by atoms with Crippen molar-refractivity contribution in [1.82, 2.24) is 4.98 Å². The summed E-state index contributed by atoms with van der Waals surface area (Å²) in [6.45, 7) is 2.00. The van der Waals surface area contributed by atoms with Crippen LogP contribution in [0.4, 0.5) is 0 Å². The summed E-state index contributed by atoms with van der Waals surface area (Å²) in [5, 5.41) is 0.534. The number of oxazole rings is 1. The maximum atomic E-state index is 12.1. The van der Waals surface area contributed by atoms with Gasteiger partial charge in [-0.3, -0.25) is 4.79 Å². The lowest BCUT2D eigenvalue weighted by atomic mass is 10.1. The van der Waals surface area contributed by atoms with E-state index in [9.17, 15) is 4.79 Å². The first kappa shape index (κ1) is 15.8. The van der Waals surface area contributed by atoms with E-state index in [4.69, 9.17) is 4.42 Å². The van der Waals surface area contributed by atoms with Gasteiger partial charge in [0, 0.05) is 5.56 Å². The highest BCUT2D eigenvalue weighted by molar-refractivity contribution is 8.93. The molecule has 3 rings (SSSR count). The van der Waals surface area contributed by atoms with Gasteiger partial charge in [-0.05, 0) is 19.1 Å². The molecule has 3 nitrogen and oxygen atoms in total. The minimum Gasteiger partial charge on any atom is -0.431 e. The zero-order chi connectivity index (χ0) is 13.9. The van der Waals surface area contributed by atoms with Crippen LogP contribution in [0.5, 0.6) is 0 Å². The summed E-state index contributed by atoms with van der Waals surface area (Å²) in [4.78, 5) is 16.4. The first-order valence-electron chi connectivity index (χ1n) is 6.30. The van der Waals surface area contributed by atoms with Crippen LogP contribution >= 0.6 is 28.7 Å². The number of carbonyl (C=O) groups excluding carboxylic acids is 1. The van der Waals surface area contributed by atoms with Crippen LogP contribution in [0.2, 0.25) is 0 Å². The van der Waals surface area contributed by atoms with E-state index in [1.165, 1.54) is 11.8 Å². The average molecular weight is 364 g/mol. The smallest absolute Gasteiger partial charge is 0.257 e. The standard InChI is InChI=1S/C16H13NO2S.BrH/c1-11-6-8-12(9-7-11)14(18)10-20-16-17-13-4-2-3-5-15(13)19-16;/h2-9H,10H2,1H3;1H. The first-order valence-corrected chi connectivity index (χ1v) is 7.29. The van der Waals surface area contributed by atoms with Crippen LogP contribution in [0.3, 0.4) is 0 Å². The molecule has 0 spiro atoms. The number of aromatic nitrogens is 1. The number of nitrogens with zero attached hydrogens (tertiary/aromatic N) is 1. The highest BCUT2D eigenvalue weighted by atomic mass is 79.9. The number of carbonyl (C=O) groups is 1. The maximum Gasteiger partial charge on any atom is 0.257 e. The summed E-state index contributed by atoms with van der Waals surface area (Å²) in [5.74, 6) is 0.410. The summed E-state index contributed by atoms with van der Waals surface area (Å²) in [6, 6.07) is 15.2. The molecule has 0 atom stereocenters. The van der Waals surface area contributed by atoms with Gasteiger partial charge in [0.1, 0.15) is 5.52 Å². The fraction of sp³-hybridized carbons (Fsp3) is 0.125. The molecule has 0 fully saturated rings. The van der Waals surface area contributed by atoms with E-state index in [2.05, 4.69) is 4.98 Å². The molecule has 0 saturated carbocycles. The van der Waals surface area contributed by atoms with Crippen LogP contribution in [-0.4, -0.2) is 16.5 Å². The Balaban J connectivity index is 0.00000161. The molecule has 108 valence electrons. The van der Waals surface area contributed by atoms with Crippen LogP contribution < -0.4 is 0 Å². The molecule has 0 N–H and O–H groups in total. The summed E-state index contributed by atoms with van der Waals surface area (Å²) >= 11 is 1.33. The second kappa shape index (κ2) is 6.91. The maximum absolute atomic E-state index is 12.1.